The Balaban J connectivity index is 1.28. The minimum Gasteiger partial charge on any atom is -0.481 e. The van der Waals surface area contributed by atoms with E-state index >= 15 is 0 Å². The highest BCUT2D eigenvalue weighted by Crippen LogP contribution is 2.68. The molecule has 1 aromatic carbocycles. The normalized spacial score (nSPS) is 33.2. The van der Waals surface area contributed by atoms with Crippen molar-refractivity contribution in [3.05, 3.63) is 50.4 Å². The molecule has 2 aliphatic heterocycles. The van der Waals surface area contributed by atoms with Crippen LogP contribution in [-0.4, -0.2) is 44.6 Å². The van der Waals surface area contributed by atoms with E-state index in [0.29, 0.717) is 25.8 Å². The third-order valence-corrected chi connectivity index (χ3v) is 10.8. The fourth-order valence-electron chi connectivity index (χ4n) is 7.06. The van der Waals surface area contributed by atoms with Gasteiger partial charge in [0.1, 0.15) is 0 Å². The number of carbonyl (C=O) groups is 3. The van der Waals surface area contributed by atoms with E-state index in [9.17, 15) is 19.2 Å². The number of thioether (sulfide) groups is 1. The first-order valence-corrected chi connectivity index (χ1v) is 13.7. The van der Waals surface area contributed by atoms with E-state index in [1.807, 2.05) is 18.2 Å². The lowest BCUT2D eigenvalue weighted by atomic mass is 9.68. The summed E-state index contributed by atoms with van der Waals surface area (Å²) in [5, 5.41) is 9.95. The summed E-state index contributed by atoms with van der Waals surface area (Å²) in [4.78, 5) is 55.4. The highest BCUT2D eigenvalue weighted by atomic mass is 32.2. The number of fused-ring (bicyclic) bond motifs is 9. The summed E-state index contributed by atoms with van der Waals surface area (Å²) in [6.45, 7) is 0.384. The molecule has 4 aliphatic rings. The Bertz CT molecular complexity index is 1210. The number of hydrogen-bond donors (Lipinski definition) is 2. The zero-order chi connectivity index (χ0) is 23.6. The third kappa shape index (κ3) is 3.31. The van der Waals surface area contributed by atoms with Gasteiger partial charge >= 0.3 is 10.8 Å². The van der Waals surface area contributed by atoms with Gasteiger partial charge in [0.05, 0.1) is 16.9 Å². The van der Waals surface area contributed by atoms with Crippen LogP contribution in [0.1, 0.15) is 48.5 Å². The summed E-state index contributed by atoms with van der Waals surface area (Å²) in [5.41, 5.74) is 1.17. The second-order valence-corrected chi connectivity index (χ2v) is 12.1. The molecule has 178 valence electrons. The Hall–Kier alpha value is -2.39. The quantitative estimate of drug-likeness (QED) is 0.447. The van der Waals surface area contributed by atoms with E-state index < -0.39 is 5.97 Å². The number of aliphatic carboxylic acids is 1. The number of aromatic amines is 1. The molecule has 0 unspecified atom stereocenters. The van der Waals surface area contributed by atoms with Crippen molar-refractivity contribution in [3.63, 3.8) is 0 Å². The number of nitrogens with zero attached hydrogens (tertiary/aromatic N) is 1. The lowest BCUT2D eigenvalue weighted by Crippen LogP contribution is -2.42. The monoisotopic (exact) mass is 498 g/mol. The van der Waals surface area contributed by atoms with Crippen molar-refractivity contribution in [1.29, 1.82) is 0 Å². The second-order valence-electron chi connectivity index (χ2n) is 9.90. The van der Waals surface area contributed by atoms with Crippen molar-refractivity contribution in [2.24, 2.45) is 29.6 Å². The third-order valence-electron chi connectivity index (χ3n) is 8.25. The van der Waals surface area contributed by atoms with Gasteiger partial charge in [-0.25, -0.2) is 0 Å². The highest BCUT2D eigenvalue weighted by molar-refractivity contribution is 8.00. The number of benzene rings is 1. The molecule has 2 saturated carbocycles. The van der Waals surface area contributed by atoms with Crippen LogP contribution in [0.15, 0.2) is 40.2 Å². The van der Waals surface area contributed by atoms with Gasteiger partial charge in [-0.15, -0.1) is 11.8 Å². The number of aromatic nitrogens is 1. The molecule has 2 N–H and O–H groups in total. The Morgan fingerprint density at radius 2 is 1.76 bits per heavy atom. The molecule has 2 bridgehead atoms. The van der Waals surface area contributed by atoms with Crippen LogP contribution >= 0.6 is 23.1 Å². The van der Waals surface area contributed by atoms with Gasteiger partial charge in [0.2, 0.25) is 11.8 Å². The molecule has 2 aliphatic carbocycles. The van der Waals surface area contributed by atoms with Crippen LogP contribution < -0.4 is 4.87 Å². The maximum Gasteiger partial charge on any atom is 0.305 e. The summed E-state index contributed by atoms with van der Waals surface area (Å²) in [5.74, 6) is -0.847. The van der Waals surface area contributed by atoms with Crippen molar-refractivity contribution in [2.75, 3.05) is 6.54 Å². The molecule has 2 aromatic rings. The number of carboxylic acids is 1. The van der Waals surface area contributed by atoms with Gasteiger partial charge in [-0.05, 0) is 42.6 Å². The molecule has 3 fully saturated rings. The summed E-state index contributed by atoms with van der Waals surface area (Å²) in [7, 11) is 0. The minimum absolute atomic E-state index is 0.0379. The fraction of sp³-hybridized carbons (Fsp3) is 0.520. The zero-order valence-corrected chi connectivity index (χ0v) is 20.1. The number of amides is 2. The van der Waals surface area contributed by atoms with Crippen LogP contribution in [0.5, 0.6) is 0 Å². The largest absolute Gasteiger partial charge is 0.481 e. The molecule has 1 saturated heterocycles. The van der Waals surface area contributed by atoms with E-state index in [1.165, 1.54) is 21.8 Å². The molecule has 2 amide bonds. The van der Waals surface area contributed by atoms with Crippen molar-refractivity contribution >= 4 is 40.9 Å². The molecule has 9 heteroatoms. The number of nitrogens with one attached hydrogen (secondary N) is 1. The fourth-order valence-corrected chi connectivity index (χ4v) is 9.94. The Kier molecular flexibility index (Phi) is 5.44. The lowest BCUT2D eigenvalue weighted by Gasteiger charge is -2.43. The number of H-pyrrole nitrogens is 1. The number of carboxylic acid groups (broad SMARTS) is 1. The van der Waals surface area contributed by atoms with Crippen LogP contribution in [0, 0.1) is 29.6 Å². The maximum absolute atomic E-state index is 13.5. The molecule has 34 heavy (non-hydrogen) atoms. The molecule has 7 nitrogen and oxygen atoms in total. The Labute approximate surface area is 204 Å². The number of hydrogen-bond acceptors (Lipinski definition) is 6. The SMILES string of the molecule is O=C(O)CCCCCN1C(=O)[C@@H]2[C@H]3C[C@@H]([C@@H]2C1=O)[C@@H]1[C@@H](c2ccccc2)c2sc(=O)[nH]c2S[C@@H]31. The first-order valence-electron chi connectivity index (χ1n) is 12.0. The number of thiazole rings is 1. The van der Waals surface area contributed by atoms with Gasteiger partial charge in [-0.2, -0.15) is 0 Å². The van der Waals surface area contributed by atoms with E-state index in [4.69, 9.17) is 5.11 Å². The molecular weight excluding hydrogens is 472 g/mol. The Morgan fingerprint density at radius 3 is 2.50 bits per heavy atom. The lowest BCUT2D eigenvalue weighted by molar-refractivity contribution is -0.141. The summed E-state index contributed by atoms with van der Waals surface area (Å²) < 4.78 is 0. The van der Waals surface area contributed by atoms with Gasteiger partial charge in [0, 0.05) is 29.0 Å². The molecule has 1 aromatic heterocycles. The summed E-state index contributed by atoms with van der Waals surface area (Å²) in [6, 6.07) is 10.3. The van der Waals surface area contributed by atoms with Gasteiger partial charge in [0.15, 0.2) is 0 Å². The standard InChI is InChI=1S/C25H26N2O5S2/c28-15(29)9-5-2-6-10-27-23(30)18-13-11-14(19(18)24(27)31)20-17(13)16(12-7-3-1-4-8-12)21-22(33-20)26-25(32)34-21/h1,3-4,7-8,13-14,16-20H,2,5-6,9-11H2,(H,26,32)(H,28,29)/t13-,14-,16-,17-,18+,19-,20+/m1/s1. The number of imide groups is 1. The number of unbranched alkanes of at least 4 members (excludes halogenated alkanes) is 2. The van der Waals surface area contributed by atoms with Crippen LogP contribution in [0.4, 0.5) is 0 Å². The summed E-state index contributed by atoms with van der Waals surface area (Å²) >= 11 is 2.99. The van der Waals surface area contributed by atoms with E-state index in [0.717, 1.165) is 16.3 Å². The molecule has 7 atom stereocenters. The predicted molar refractivity (Wildman–Crippen MR) is 128 cm³/mol. The number of likely N-dealkylation sites (tertiary alicyclic amines) is 1. The van der Waals surface area contributed by atoms with Crippen LogP contribution in [0.25, 0.3) is 0 Å². The van der Waals surface area contributed by atoms with Crippen LogP contribution in [0.2, 0.25) is 0 Å². The topological polar surface area (TPSA) is 108 Å². The van der Waals surface area contributed by atoms with Crippen molar-refractivity contribution in [3.8, 4) is 0 Å². The van der Waals surface area contributed by atoms with Crippen LogP contribution in [-0.2, 0) is 14.4 Å². The first kappa shape index (κ1) is 22.1. The number of rotatable bonds is 7. The van der Waals surface area contributed by atoms with Gasteiger partial charge < -0.3 is 10.1 Å². The van der Waals surface area contributed by atoms with Crippen molar-refractivity contribution in [1.82, 2.24) is 9.88 Å². The average molecular weight is 499 g/mol. The average Bonchev–Trinajstić information content (AvgIpc) is 3.54. The van der Waals surface area contributed by atoms with Gasteiger partial charge in [-0.3, -0.25) is 24.1 Å². The smallest absolute Gasteiger partial charge is 0.305 e. The highest BCUT2D eigenvalue weighted by Gasteiger charge is 2.69. The van der Waals surface area contributed by atoms with Gasteiger partial charge in [0.25, 0.3) is 0 Å². The molecule has 3 heterocycles. The van der Waals surface area contributed by atoms with E-state index in [2.05, 4.69) is 17.1 Å². The van der Waals surface area contributed by atoms with E-state index in [1.54, 1.807) is 11.8 Å². The zero-order valence-electron chi connectivity index (χ0n) is 18.5. The summed E-state index contributed by atoms with van der Waals surface area (Å²) in [6.07, 6.45) is 2.90. The second kappa shape index (κ2) is 8.37. The molecule has 0 spiro atoms. The molecular formula is C25H26N2O5S2. The number of carbonyl (C=O) groups excluding carboxylic acids is 2. The van der Waals surface area contributed by atoms with Crippen molar-refractivity contribution < 1.29 is 19.5 Å². The van der Waals surface area contributed by atoms with Gasteiger partial charge in [-0.1, -0.05) is 48.1 Å². The molecule has 6 rings (SSSR count). The minimum atomic E-state index is -0.817. The van der Waals surface area contributed by atoms with Crippen LogP contribution in [0.3, 0.4) is 0 Å². The predicted octanol–water partition coefficient (Wildman–Crippen LogP) is 3.55. The first-order chi connectivity index (χ1) is 16.5. The molecule has 0 radical (unpaired) electrons. The maximum atomic E-state index is 13.5. The van der Waals surface area contributed by atoms with Crippen molar-refractivity contribution in [2.45, 2.75) is 48.3 Å². The van der Waals surface area contributed by atoms with E-state index in [-0.39, 0.29) is 63.9 Å². The Morgan fingerprint density at radius 1 is 1.03 bits per heavy atom.